The minimum atomic E-state index is -4.91. The van der Waals surface area contributed by atoms with Gasteiger partial charge in [0.05, 0.1) is 0 Å². The third-order valence-electron chi connectivity index (χ3n) is 2.34. The molecule has 1 heterocycles. The average Bonchev–Trinajstić information content (AvgIpc) is 2.28. The first kappa shape index (κ1) is 13.8. The van der Waals surface area contributed by atoms with Gasteiger partial charge in [0, 0.05) is 12.3 Å². The lowest BCUT2D eigenvalue weighted by molar-refractivity contribution is -0.199. The Labute approximate surface area is 97.7 Å². The predicted molar refractivity (Wildman–Crippen MR) is 55.0 cm³/mol. The van der Waals surface area contributed by atoms with Crippen molar-refractivity contribution in [3.63, 3.8) is 0 Å². The summed E-state index contributed by atoms with van der Waals surface area (Å²) < 4.78 is 39.2. The van der Waals surface area contributed by atoms with Gasteiger partial charge in [-0.1, -0.05) is 11.8 Å². The van der Waals surface area contributed by atoms with Gasteiger partial charge in [-0.15, -0.1) is 0 Å². The number of halogens is 3. The van der Waals surface area contributed by atoms with Gasteiger partial charge in [-0.2, -0.15) is 13.2 Å². The molecule has 0 spiro atoms. The molecular formula is C11H14F3NO2. The molecule has 0 bridgehead atoms. The summed E-state index contributed by atoms with van der Waals surface area (Å²) in [5.41, 5.74) is 0. The molecule has 0 atom stereocenters. The van der Waals surface area contributed by atoms with E-state index in [0.717, 1.165) is 25.9 Å². The van der Waals surface area contributed by atoms with E-state index in [2.05, 4.69) is 21.9 Å². The molecule has 96 valence electrons. The molecule has 6 heteroatoms. The highest BCUT2D eigenvalue weighted by molar-refractivity contribution is 5.75. The fraction of sp³-hybridized carbons (Fsp3) is 0.727. The van der Waals surface area contributed by atoms with Crippen LogP contribution in [0.5, 0.6) is 0 Å². The van der Waals surface area contributed by atoms with E-state index >= 15 is 0 Å². The maximum atomic E-state index is 11.7. The van der Waals surface area contributed by atoms with Crippen molar-refractivity contribution in [3.8, 4) is 11.8 Å². The van der Waals surface area contributed by atoms with E-state index in [1.54, 1.807) is 0 Å². The van der Waals surface area contributed by atoms with Gasteiger partial charge in [0.1, 0.15) is 6.61 Å². The first-order chi connectivity index (χ1) is 8.00. The van der Waals surface area contributed by atoms with Crippen LogP contribution in [0, 0.1) is 17.8 Å². The molecule has 0 aliphatic carbocycles. The number of hydrogen-bond acceptors (Lipinski definition) is 3. The number of carbonyl (C=O) groups is 1. The second kappa shape index (κ2) is 6.50. The summed E-state index contributed by atoms with van der Waals surface area (Å²) in [4.78, 5) is 10.3. The van der Waals surface area contributed by atoms with Crippen LogP contribution in [0.15, 0.2) is 0 Å². The van der Waals surface area contributed by atoms with Crippen LogP contribution < -0.4 is 5.32 Å². The van der Waals surface area contributed by atoms with Crippen molar-refractivity contribution in [1.29, 1.82) is 0 Å². The van der Waals surface area contributed by atoms with E-state index in [0.29, 0.717) is 5.92 Å². The molecule has 3 nitrogen and oxygen atoms in total. The summed E-state index contributed by atoms with van der Waals surface area (Å²) in [7, 11) is 0. The Bertz CT molecular complexity index is 311. The van der Waals surface area contributed by atoms with Crippen LogP contribution in [0.25, 0.3) is 0 Å². The first-order valence-electron chi connectivity index (χ1n) is 5.43. The van der Waals surface area contributed by atoms with Gasteiger partial charge in [0.2, 0.25) is 0 Å². The molecule has 1 rings (SSSR count). The lowest BCUT2D eigenvalue weighted by Gasteiger charge is -2.17. The Morgan fingerprint density at radius 2 is 2.00 bits per heavy atom. The Morgan fingerprint density at radius 1 is 1.35 bits per heavy atom. The molecule has 17 heavy (non-hydrogen) atoms. The summed E-state index contributed by atoms with van der Waals surface area (Å²) >= 11 is 0. The predicted octanol–water partition coefficient (Wildman–Crippen LogP) is 1.48. The van der Waals surface area contributed by atoms with E-state index in [9.17, 15) is 18.0 Å². The van der Waals surface area contributed by atoms with E-state index in [1.165, 1.54) is 0 Å². The van der Waals surface area contributed by atoms with Crippen LogP contribution >= 0.6 is 0 Å². The molecule has 0 unspecified atom stereocenters. The fourth-order valence-corrected chi connectivity index (χ4v) is 1.46. The average molecular weight is 249 g/mol. The minimum Gasteiger partial charge on any atom is -0.458 e. The van der Waals surface area contributed by atoms with Gasteiger partial charge in [-0.05, 0) is 25.9 Å². The second-order valence-corrected chi connectivity index (χ2v) is 3.73. The van der Waals surface area contributed by atoms with Crippen LogP contribution in [0.2, 0.25) is 0 Å². The molecular weight excluding hydrogens is 235 g/mol. The third kappa shape index (κ3) is 5.59. The van der Waals surface area contributed by atoms with Gasteiger partial charge in [0.25, 0.3) is 0 Å². The van der Waals surface area contributed by atoms with Crippen molar-refractivity contribution in [3.05, 3.63) is 0 Å². The summed E-state index contributed by atoms with van der Waals surface area (Å²) in [5, 5.41) is 3.19. The van der Waals surface area contributed by atoms with Gasteiger partial charge in [0.15, 0.2) is 0 Å². The molecule has 0 saturated carbocycles. The number of nitrogens with one attached hydrogen (secondary N) is 1. The quantitative estimate of drug-likeness (QED) is 0.457. The normalized spacial score (nSPS) is 17.1. The molecule has 1 aliphatic rings. The van der Waals surface area contributed by atoms with Crippen LogP contribution in [0.1, 0.15) is 19.3 Å². The minimum absolute atomic E-state index is 0.145. The zero-order chi connectivity index (χ0) is 12.7. The highest BCUT2D eigenvalue weighted by atomic mass is 19.4. The fourth-order valence-electron chi connectivity index (χ4n) is 1.46. The second-order valence-electron chi connectivity index (χ2n) is 3.73. The van der Waals surface area contributed by atoms with Crippen molar-refractivity contribution in [2.75, 3.05) is 19.7 Å². The van der Waals surface area contributed by atoms with E-state index < -0.39 is 12.1 Å². The Hall–Kier alpha value is -1.22. The van der Waals surface area contributed by atoms with Crippen LogP contribution in [0.4, 0.5) is 13.2 Å². The van der Waals surface area contributed by atoms with Crippen molar-refractivity contribution >= 4 is 5.97 Å². The van der Waals surface area contributed by atoms with Gasteiger partial charge < -0.3 is 10.1 Å². The Morgan fingerprint density at radius 3 is 2.59 bits per heavy atom. The molecule has 1 saturated heterocycles. The highest BCUT2D eigenvalue weighted by Crippen LogP contribution is 2.16. The number of esters is 1. The van der Waals surface area contributed by atoms with Gasteiger partial charge in [-0.3, -0.25) is 0 Å². The van der Waals surface area contributed by atoms with Crippen molar-refractivity contribution < 1.29 is 22.7 Å². The molecule has 0 aromatic heterocycles. The van der Waals surface area contributed by atoms with Gasteiger partial charge in [-0.25, -0.2) is 4.79 Å². The highest BCUT2D eigenvalue weighted by Gasteiger charge is 2.40. The van der Waals surface area contributed by atoms with Crippen molar-refractivity contribution in [2.45, 2.75) is 25.4 Å². The molecule has 1 aliphatic heterocycles. The first-order valence-corrected chi connectivity index (χ1v) is 5.43. The summed E-state index contributed by atoms with van der Waals surface area (Å²) in [6.45, 7) is 1.53. The van der Waals surface area contributed by atoms with E-state index in [4.69, 9.17) is 0 Å². The standard InChI is InChI=1S/C11H14F3NO2/c12-11(13,14)10(16)17-8-2-1-3-9-4-6-15-7-5-9/h9,15H,2,4-8H2. The Kier molecular flexibility index (Phi) is 5.29. The molecule has 0 aromatic rings. The zero-order valence-corrected chi connectivity index (χ0v) is 9.27. The van der Waals surface area contributed by atoms with E-state index in [1.807, 2.05) is 0 Å². The number of carbonyl (C=O) groups excluding carboxylic acids is 1. The van der Waals surface area contributed by atoms with Crippen LogP contribution in [-0.2, 0) is 9.53 Å². The molecule has 1 fully saturated rings. The molecule has 1 N–H and O–H groups in total. The van der Waals surface area contributed by atoms with Gasteiger partial charge >= 0.3 is 12.1 Å². The number of ether oxygens (including phenoxy) is 1. The number of rotatable bonds is 2. The van der Waals surface area contributed by atoms with Crippen LogP contribution in [0.3, 0.4) is 0 Å². The summed E-state index contributed by atoms with van der Waals surface area (Å²) in [6.07, 6.45) is -2.86. The lowest BCUT2D eigenvalue weighted by Crippen LogP contribution is -2.27. The molecule has 0 amide bonds. The summed E-state index contributed by atoms with van der Waals surface area (Å²) in [5.74, 6) is 3.86. The maximum Gasteiger partial charge on any atom is 0.490 e. The smallest absolute Gasteiger partial charge is 0.458 e. The lowest BCUT2D eigenvalue weighted by atomic mass is 9.99. The number of alkyl halides is 3. The Balaban J connectivity index is 2.15. The number of hydrogen-bond donors (Lipinski definition) is 1. The SMILES string of the molecule is O=C(OCCC#CC1CCNCC1)C(F)(F)F. The third-order valence-corrected chi connectivity index (χ3v) is 2.34. The topological polar surface area (TPSA) is 38.3 Å². The largest absolute Gasteiger partial charge is 0.490 e. The van der Waals surface area contributed by atoms with Crippen LogP contribution in [-0.4, -0.2) is 31.8 Å². The van der Waals surface area contributed by atoms with Crippen molar-refractivity contribution in [1.82, 2.24) is 5.32 Å². The summed E-state index contributed by atoms with van der Waals surface area (Å²) in [6, 6.07) is 0. The van der Waals surface area contributed by atoms with E-state index in [-0.39, 0.29) is 13.0 Å². The van der Waals surface area contributed by atoms with Crippen molar-refractivity contribution in [2.24, 2.45) is 5.92 Å². The molecule has 0 aromatic carbocycles. The zero-order valence-electron chi connectivity index (χ0n) is 9.27. The monoisotopic (exact) mass is 249 g/mol. The maximum absolute atomic E-state index is 11.7. The molecule has 0 radical (unpaired) electrons. The number of piperidine rings is 1.